The summed E-state index contributed by atoms with van der Waals surface area (Å²) in [6, 6.07) is 7.89. The summed E-state index contributed by atoms with van der Waals surface area (Å²) in [5.41, 5.74) is 6.80. The molecule has 0 aliphatic carbocycles. The maximum absolute atomic E-state index is 12.0. The molecule has 2 N–H and O–H groups in total. The van der Waals surface area contributed by atoms with E-state index < -0.39 is 0 Å². The van der Waals surface area contributed by atoms with Gasteiger partial charge in [0.25, 0.3) is 0 Å². The molecule has 1 aromatic carbocycles. The molecule has 0 saturated carbocycles. The Balaban J connectivity index is 2.62. The van der Waals surface area contributed by atoms with Gasteiger partial charge in [-0.05, 0) is 29.9 Å². The smallest absolute Gasteiger partial charge is 0.0912 e. The van der Waals surface area contributed by atoms with Crippen molar-refractivity contribution < 1.29 is 4.39 Å². The van der Waals surface area contributed by atoms with E-state index in [1.54, 1.807) is 11.8 Å². The zero-order valence-electron chi connectivity index (χ0n) is 8.37. The Morgan fingerprint density at radius 3 is 2.50 bits per heavy atom. The second kappa shape index (κ2) is 6.04. The van der Waals surface area contributed by atoms with Gasteiger partial charge in [0.1, 0.15) is 0 Å². The molecule has 0 aliphatic heterocycles. The average molecular weight is 213 g/mol. The van der Waals surface area contributed by atoms with Gasteiger partial charge in [-0.2, -0.15) is 0 Å². The molecule has 0 aromatic heterocycles. The van der Waals surface area contributed by atoms with Gasteiger partial charge in [0, 0.05) is 10.9 Å². The first-order chi connectivity index (χ1) is 6.77. The second-order valence-electron chi connectivity index (χ2n) is 3.09. The van der Waals surface area contributed by atoms with E-state index >= 15 is 0 Å². The molecular weight excluding hydrogens is 197 g/mol. The summed E-state index contributed by atoms with van der Waals surface area (Å²) in [6.45, 7) is 1.76. The molecule has 0 radical (unpaired) electrons. The van der Waals surface area contributed by atoms with Gasteiger partial charge in [0.2, 0.25) is 0 Å². The lowest BCUT2D eigenvalue weighted by Gasteiger charge is -2.10. The lowest BCUT2D eigenvalue weighted by atomic mass is 10.1. The van der Waals surface area contributed by atoms with Crippen LogP contribution in [0, 0.1) is 0 Å². The highest BCUT2D eigenvalue weighted by Crippen LogP contribution is 2.21. The first kappa shape index (κ1) is 11.5. The number of alkyl halides is 1. The lowest BCUT2D eigenvalue weighted by molar-refractivity contribution is 0.442. The fourth-order valence-corrected chi connectivity index (χ4v) is 1.92. The summed E-state index contributed by atoms with van der Waals surface area (Å²) in [5.74, 6) is 1.07. The first-order valence-electron chi connectivity index (χ1n) is 4.82. The van der Waals surface area contributed by atoms with Crippen molar-refractivity contribution in [1.82, 2.24) is 0 Å². The summed E-state index contributed by atoms with van der Waals surface area (Å²) in [4.78, 5) is 1.24. The van der Waals surface area contributed by atoms with Crippen molar-refractivity contribution in [3.63, 3.8) is 0 Å². The SMILES string of the molecule is CCSc1ccc([C@H](N)CCF)cc1. The van der Waals surface area contributed by atoms with Crippen LogP contribution in [0.15, 0.2) is 29.2 Å². The van der Waals surface area contributed by atoms with Crippen LogP contribution in [-0.2, 0) is 0 Å². The van der Waals surface area contributed by atoms with E-state index in [1.165, 1.54) is 4.90 Å². The van der Waals surface area contributed by atoms with Crippen LogP contribution in [0.5, 0.6) is 0 Å². The summed E-state index contributed by atoms with van der Waals surface area (Å²) in [6.07, 6.45) is 0.403. The number of thioether (sulfide) groups is 1. The maximum atomic E-state index is 12.0. The van der Waals surface area contributed by atoms with Crippen molar-refractivity contribution in [2.45, 2.75) is 24.3 Å². The number of hydrogen-bond donors (Lipinski definition) is 1. The number of benzene rings is 1. The highest BCUT2D eigenvalue weighted by molar-refractivity contribution is 7.99. The minimum absolute atomic E-state index is 0.166. The summed E-state index contributed by atoms with van der Waals surface area (Å²) >= 11 is 1.79. The van der Waals surface area contributed by atoms with E-state index in [-0.39, 0.29) is 12.7 Å². The van der Waals surface area contributed by atoms with E-state index in [4.69, 9.17) is 5.73 Å². The van der Waals surface area contributed by atoms with Crippen molar-refractivity contribution in [2.75, 3.05) is 12.4 Å². The highest BCUT2D eigenvalue weighted by Gasteiger charge is 2.04. The Morgan fingerprint density at radius 1 is 1.36 bits per heavy atom. The van der Waals surface area contributed by atoms with Crippen LogP contribution in [-0.4, -0.2) is 12.4 Å². The molecule has 0 unspecified atom stereocenters. The summed E-state index contributed by atoms with van der Waals surface area (Å²) < 4.78 is 12.0. The fourth-order valence-electron chi connectivity index (χ4n) is 1.26. The third-order valence-electron chi connectivity index (χ3n) is 2.04. The zero-order valence-corrected chi connectivity index (χ0v) is 9.19. The molecule has 0 fully saturated rings. The Morgan fingerprint density at radius 2 is 2.00 bits per heavy atom. The van der Waals surface area contributed by atoms with Crippen molar-refractivity contribution in [1.29, 1.82) is 0 Å². The molecule has 1 rings (SSSR count). The molecule has 0 amide bonds. The molecule has 14 heavy (non-hydrogen) atoms. The van der Waals surface area contributed by atoms with Crippen molar-refractivity contribution in [3.05, 3.63) is 29.8 Å². The number of hydrogen-bond acceptors (Lipinski definition) is 2. The van der Waals surface area contributed by atoms with Crippen molar-refractivity contribution in [3.8, 4) is 0 Å². The fraction of sp³-hybridized carbons (Fsp3) is 0.455. The average Bonchev–Trinajstić information content (AvgIpc) is 2.20. The normalized spacial score (nSPS) is 12.8. The van der Waals surface area contributed by atoms with E-state index in [0.29, 0.717) is 6.42 Å². The molecule has 0 spiro atoms. The Bertz CT molecular complexity index is 260. The predicted molar refractivity (Wildman–Crippen MR) is 60.4 cm³/mol. The minimum Gasteiger partial charge on any atom is -0.324 e. The molecular formula is C11H16FNS. The van der Waals surface area contributed by atoms with E-state index in [0.717, 1.165) is 11.3 Å². The minimum atomic E-state index is -0.355. The zero-order chi connectivity index (χ0) is 10.4. The van der Waals surface area contributed by atoms with Crippen LogP contribution >= 0.6 is 11.8 Å². The van der Waals surface area contributed by atoms with Gasteiger partial charge in [-0.15, -0.1) is 11.8 Å². The second-order valence-corrected chi connectivity index (χ2v) is 4.42. The van der Waals surface area contributed by atoms with Crippen molar-refractivity contribution >= 4 is 11.8 Å². The highest BCUT2D eigenvalue weighted by atomic mass is 32.2. The monoisotopic (exact) mass is 213 g/mol. The molecule has 0 bridgehead atoms. The van der Waals surface area contributed by atoms with Gasteiger partial charge in [-0.1, -0.05) is 19.1 Å². The Kier molecular flexibility index (Phi) is 4.98. The van der Waals surface area contributed by atoms with Crippen LogP contribution in [0.1, 0.15) is 24.9 Å². The van der Waals surface area contributed by atoms with Crippen LogP contribution < -0.4 is 5.73 Å². The molecule has 1 atom stereocenters. The maximum Gasteiger partial charge on any atom is 0.0912 e. The van der Waals surface area contributed by atoms with Crippen LogP contribution in [0.2, 0.25) is 0 Å². The molecule has 3 heteroatoms. The standard InChI is InChI=1S/C11H16FNS/c1-2-14-10-5-3-9(4-6-10)11(13)7-8-12/h3-6,11H,2,7-8,13H2,1H3/t11-/m1/s1. The molecule has 78 valence electrons. The quantitative estimate of drug-likeness (QED) is 0.760. The summed E-state index contributed by atoms with van der Waals surface area (Å²) in [5, 5.41) is 0. The first-order valence-corrected chi connectivity index (χ1v) is 5.80. The van der Waals surface area contributed by atoms with E-state index in [1.807, 2.05) is 24.3 Å². The molecule has 1 aromatic rings. The molecule has 0 heterocycles. The van der Waals surface area contributed by atoms with Crippen LogP contribution in [0.4, 0.5) is 4.39 Å². The lowest BCUT2D eigenvalue weighted by Crippen LogP contribution is -2.10. The van der Waals surface area contributed by atoms with Gasteiger partial charge in [-0.25, -0.2) is 0 Å². The third kappa shape index (κ3) is 3.31. The van der Waals surface area contributed by atoms with Crippen LogP contribution in [0.3, 0.4) is 0 Å². The molecule has 0 saturated heterocycles. The Labute approximate surface area is 88.9 Å². The van der Waals surface area contributed by atoms with Gasteiger partial charge < -0.3 is 5.73 Å². The van der Waals surface area contributed by atoms with Gasteiger partial charge >= 0.3 is 0 Å². The van der Waals surface area contributed by atoms with Crippen molar-refractivity contribution in [2.24, 2.45) is 5.73 Å². The largest absolute Gasteiger partial charge is 0.324 e. The number of halogens is 1. The van der Waals surface area contributed by atoms with Gasteiger partial charge in [0.05, 0.1) is 6.67 Å². The van der Waals surface area contributed by atoms with E-state index in [9.17, 15) is 4.39 Å². The topological polar surface area (TPSA) is 26.0 Å². The van der Waals surface area contributed by atoms with Gasteiger partial charge in [0.15, 0.2) is 0 Å². The molecule has 1 nitrogen and oxygen atoms in total. The third-order valence-corrected chi connectivity index (χ3v) is 2.93. The van der Waals surface area contributed by atoms with E-state index in [2.05, 4.69) is 6.92 Å². The predicted octanol–water partition coefficient (Wildman–Crippen LogP) is 3.16. The molecule has 0 aliphatic rings. The number of nitrogens with two attached hydrogens (primary N) is 1. The van der Waals surface area contributed by atoms with Gasteiger partial charge in [-0.3, -0.25) is 4.39 Å². The Hall–Kier alpha value is -0.540. The van der Waals surface area contributed by atoms with Crippen LogP contribution in [0.25, 0.3) is 0 Å². The number of rotatable bonds is 5. The summed E-state index contributed by atoms with van der Waals surface area (Å²) in [7, 11) is 0.